The van der Waals surface area contributed by atoms with Crippen LogP contribution in [0.4, 0.5) is 4.39 Å². The van der Waals surface area contributed by atoms with E-state index in [1.54, 1.807) is 25.1 Å². The molecule has 25 heavy (non-hydrogen) atoms. The molecule has 1 aromatic heterocycles. The summed E-state index contributed by atoms with van der Waals surface area (Å²) in [5, 5.41) is 10.4. The van der Waals surface area contributed by atoms with Crippen LogP contribution in [0.15, 0.2) is 30.5 Å². The largest absolute Gasteiger partial charge is 0.351 e. The molecule has 1 saturated heterocycles. The van der Waals surface area contributed by atoms with Gasteiger partial charge in [-0.2, -0.15) is 5.10 Å². The van der Waals surface area contributed by atoms with E-state index < -0.39 is 0 Å². The quantitative estimate of drug-likeness (QED) is 0.838. The van der Waals surface area contributed by atoms with E-state index in [0.29, 0.717) is 23.5 Å². The van der Waals surface area contributed by atoms with Gasteiger partial charge in [0.15, 0.2) is 0 Å². The Kier molecular flexibility index (Phi) is 6.92. The predicted octanol–water partition coefficient (Wildman–Crippen LogP) is 1.38. The van der Waals surface area contributed by atoms with Gasteiger partial charge in [0.25, 0.3) is 5.91 Å². The van der Waals surface area contributed by atoms with Crippen LogP contribution < -0.4 is 10.6 Å². The third kappa shape index (κ3) is 4.56. The number of hydrogen-bond acceptors (Lipinski definition) is 4. The lowest BCUT2D eigenvalue weighted by molar-refractivity contribution is 0.0946. The highest BCUT2D eigenvalue weighted by atomic mass is 35.5. The zero-order chi connectivity index (χ0) is 16.9. The number of aromatic nitrogens is 2. The summed E-state index contributed by atoms with van der Waals surface area (Å²) in [5.74, 6) is -0.542. The second-order valence-corrected chi connectivity index (χ2v) is 5.85. The molecule has 1 aliphatic rings. The summed E-state index contributed by atoms with van der Waals surface area (Å²) in [6, 6.07) is 6.39. The summed E-state index contributed by atoms with van der Waals surface area (Å²) >= 11 is 0. The van der Waals surface area contributed by atoms with Crippen LogP contribution in [-0.4, -0.2) is 59.9 Å². The second kappa shape index (κ2) is 8.94. The Hall–Kier alpha value is -1.96. The Balaban J connectivity index is 0.00000225. The molecule has 0 unspecified atom stereocenters. The van der Waals surface area contributed by atoms with Crippen molar-refractivity contribution < 1.29 is 9.18 Å². The number of piperazine rings is 1. The molecule has 0 atom stereocenters. The first kappa shape index (κ1) is 19.4. The van der Waals surface area contributed by atoms with Crippen LogP contribution in [0.5, 0.6) is 0 Å². The molecule has 0 bridgehead atoms. The van der Waals surface area contributed by atoms with E-state index in [0.717, 1.165) is 32.7 Å². The smallest absolute Gasteiger partial charge is 0.254 e. The Morgan fingerprint density at radius 2 is 2.04 bits per heavy atom. The molecule has 6 nitrogen and oxygen atoms in total. The minimum atomic E-state index is -0.366. The van der Waals surface area contributed by atoms with Gasteiger partial charge in [0.05, 0.1) is 17.5 Å². The van der Waals surface area contributed by atoms with E-state index in [1.807, 2.05) is 0 Å². The molecule has 2 aromatic rings. The van der Waals surface area contributed by atoms with Crippen LogP contribution in [0.25, 0.3) is 5.69 Å². The molecule has 136 valence electrons. The minimum Gasteiger partial charge on any atom is -0.351 e. The van der Waals surface area contributed by atoms with Gasteiger partial charge in [0, 0.05) is 39.3 Å². The summed E-state index contributed by atoms with van der Waals surface area (Å²) < 4.78 is 15.4. The zero-order valence-electron chi connectivity index (χ0n) is 14.2. The average molecular weight is 368 g/mol. The molecule has 8 heteroatoms. The first-order chi connectivity index (χ1) is 11.7. The van der Waals surface area contributed by atoms with Crippen molar-refractivity contribution in [3.05, 3.63) is 47.5 Å². The van der Waals surface area contributed by atoms with Crippen molar-refractivity contribution in [3.63, 3.8) is 0 Å². The number of carbonyl (C=O) groups is 1. The summed E-state index contributed by atoms with van der Waals surface area (Å²) in [6.45, 7) is 7.16. The fourth-order valence-electron chi connectivity index (χ4n) is 2.86. The molecule has 1 fully saturated rings. The summed E-state index contributed by atoms with van der Waals surface area (Å²) in [7, 11) is 0. The monoisotopic (exact) mass is 367 g/mol. The van der Waals surface area contributed by atoms with Crippen LogP contribution in [0, 0.1) is 12.7 Å². The molecule has 0 spiro atoms. The molecule has 1 aliphatic heterocycles. The van der Waals surface area contributed by atoms with Crippen LogP contribution in [0.1, 0.15) is 16.1 Å². The molecular formula is C17H23ClFN5O. The lowest BCUT2D eigenvalue weighted by atomic mass is 10.2. The van der Waals surface area contributed by atoms with Crippen LogP contribution >= 0.6 is 12.4 Å². The van der Waals surface area contributed by atoms with Gasteiger partial charge in [-0.15, -0.1) is 12.4 Å². The number of para-hydroxylation sites is 1. The molecule has 1 amide bonds. The average Bonchev–Trinajstić information content (AvgIpc) is 2.98. The highest BCUT2D eigenvalue weighted by Crippen LogP contribution is 2.16. The van der Waals surface area contributed by atoms with E-state index in [2.05, 4.69) is 20.6 Å². The predicted molar refractivity (Wildman–Crippen MR) is 97.1 cm³/mol. The molecule has 0 aliphatic carbocycles. The first-order valence-corrected chi connectivity index (χ1v) is 8.17. The number of amides is 1. The third-order valence-electron chi connectivity index (χ3n) is 4.26. The maximum absolute atomic E-state index is 13.9. The number of rotatable bonds is 5. The van der Waals surface area contributed by atoms with Gasteiger partial charge in [-0.25, -0.2) is 9.07 Å². The highest BCUT2D eigenvalue weighted by molar-refractivity contribution is 5.95. The second-order valence-electron chi connectivity index (χ2n) is 5.85. The molecule has 1 aromatic carbocycles. The van der Waals surface area contributed by atoms with Crippen molar-refractivity contribution in [3.8, 4) is 5.69 Å². The summed E-state index contributed by atoms with van der Waals surface area (Å²) in [4.78, 5) is 14.7. The van der Waals surface area contributed by atoms with Gasteiger partial charge >= 0.3 is 0 Å². The molecule has 0 saturated carbocycles. The number of nitrogens with zero attached hydrogens (tertiary/aromatic N) is 3. The van der Waals surface area contributed by atoms with Gasteiger partial charge in [-0.3, -0.25) is 9.69 Å². The van der Waals surface area contributed by atoms with Crippen molar-refractivity contribution in [1.29, 1.82) is 0 Å². The van der Waals surface area contributed by atoms with Gasteiger partial charge < -0.3 is 10.6 Å². The number of nitrogens with one attached hydrogen (secondary N) is 2. The number of hydrogen-bond donors (Lipinski definition) is 2. The fourth-order valence-corrected chi connectivity index (χ4v) is 2.86. The van der Waals surface area contributed by atoms with Crippen molar-refractivity contribution in [2.24, 2.45) is 0 Å². The lowest BCUT2D eigenvalue weighted by Crippen LogP contribution is -2.46. The highest BCUT2D eigenvalue weighted by Gasteiger charge is 2.17. The molecule has 0 radical (unpaired) electrons. The van der Waals surface area contributed by atoms with E-state index in [4.69, 9.17) is 0 Å². The standard InChI is InChI=1S/C17H22FN5O.ClH/c1-13-14(12-21-23(13)16-5-3-2-4-15(16)18)17(24)20-8-11-22-9-6-19-7-10-22;/h2-5,12,19H,6-11H2,1H3,(H,20,24);1H. The molecule has 2 N–H and O–H groups in total. The number of carbonyl (C=O) groups excluding carboxylic acids is 1. The third-order valence-corrected chi connectivity index (χ3v) is 4.26. The van der Waals surface area contributed by atoms with Crippen molar-refractivity contribution in [2.75, 3.05) is 39.3 Å². The maximum Gasteiger partial charge on any atom is 0.254 e. The zero-order valence-corrected chi connectivity index (χ0v) is 15.0. The Morgan fingerprint density at radius 1 is 1.32 bits per heavy atom. The summed E-state index contributed by atoms with van der Waals surface area (Å²) in [5.41, 5.74) is 1.44. The summed E-state index contributed by atoms with van der Waals surface area (Å²) in [6.07, 6.45) is 1.49. The van der Waals surface area contributed by atoms with E-state index in [9.17, 15) is 9.18 Å². The lowest BCUT2D eigenvalue weighted by Gasteiger charge is -2.27. The Labute approximate surface area is 152 Å². The Morgan fingerprint density at radius 3 is 2.76 bits per heavy atom. The van der Waals surface area contributed by atoms with Gasteiger partial charge in [-0.05, 0) is 19.1 Å². The van der Waals surface area contributed by atoms with Crippen LogP contribution in [0.2, 0.25) is 0 Å². The van der Waals surface area contributed by atoms with Crippen LogP contribution in [0.3, 0.4) is 0 Å². The topological polar surface area (TPSA) is 62.2 Å². The van der Waals surface area contributed by atoms with E-state index >= 15 is 0 Å². The van der Waals surface area contributed by atoms with Gasteiger partial charge in [0.2, 0.25) is 0 Å². The normalized spacial score (nSPS) is 14.8. The minimum absolute atomic E-state index is 0. The fraction of sp³-hybridized carbons (Fsp3) is 0.412. The van der Waals surface area contributed by atoms with Crippen molar-refractivity contribution in [2.45, 2.75) is 6.92 Å². The molecule has 3 rings (SSSR count). The van der Waals surface area contributed by atoms with E-state index in [1.165, 1.54) is 16.9 Å². The van der Waals surface area contributed by atoms with Crippen molar-refractivity contribution in [1.82, 2.24) is 25.3 Å². The van der Waals surface area contributed by atoms with Gasteiger partial charge in [-0.1, -0.05) is 12.1 Å². The number of halogens is 2. The molecule has 2 heterocycles. The molecular weight excluding hydrogens is 345 g/mol. The SMILES string of the molecule is Cc1c(C(=O)NCCN2CCNCC2)cnn1-c1ccccc1F.Cl. The van der Waals surface area contributed by atoms with Gasteiger partial charge in [0.1, 0.15) is 11.5 Å². The first-order valence-electron chi connectivity index (χ1n) is 8.17. The van der Waals surface area contributed by atoms with Crippen molar-refractivity contribution >= 4 is 18.3 Å². The van der Waals surface area contributed by atoms with Crippen LogP contribution in [-0.2, 0) is 0 Å². The number of benzene rings is 1. The maximum atomic E-state index is 13.9. The Bertz CT molecular complexity index is 715. The van der Waals surface area contributed by atoms with E-state index in [-0.39, 0.29) is 24.1 Å².